The van der Waals surface area contributed by atoms with Crippen molar-refractivity contribution in [1.29, 1.82) is 0 Å². The SMILES string of the molecule is O=C(CCCCCCCCCCCCCCC1(O)CCCCC1)Cc1ccccc1. The molecule has 2 heteroatoms. The Morgan fingerprint density at radius 3 is 1.77 bits per heavy atom. The Balaban J connectivity index is 1.29. The smallest absolute Gasteiger partial charge is 0.137 e. The van der Waals surface area contributed by atoms with Crippen LogP contribution in [0.5, 0.6) is 0 Å². The summed E-state index contributed by atoms with van der Waals surface area (Å²) in [5, 5.41) is 10.5. The van der Waals surface area contributed by atoms with Crippen LogP contribution >= 0.6 is 0 Å². The molecule has 1 fully saturated rings. The fraction of sp³-hybridized carbons (Fsp3) is 0.750. The van der Waals surface area contributed by atoms with Gasteiger partial charge in [-0.1, -0.05) is 120 Å². The van der Waals surface area contributed by atoms with E-state index >= 15 is 0 Å². The van der Waals surface area contributed by atoms with Gasteiger partial charge < -0.3 is 5.11 Å². The second-order valence-corrected chi connectivity index (χ2v) is 9.73. The lowest BCUT2D eigenvalue weighted by Crippen LogP contribution is -2.30. The molecule has 0 aromatic heterocycles. The topological polar surface area (TPSA) is 37.3 Å². The summed E-state index contributed by atoms with van der Waals surface area (Å²) in [5.41, 5.74) is 0.831. The molecule has 170 valence electrons. The van der Waals surface area contributed by atoms with E-state index in [4.69, 9.17) is 0 Å². The van der Waals surface area contributed by atoms with Gasteiger partial charge in [0.05, 0.1) is 5.60 Å². The maximum absolute atomic E-state index is 12.0. The highest BCUT2D eigenvalue weighted by atomic mass is 16.3. The molecule has 0 atom stereocenters. The Kier molecular flexibility index (Phi) is 13.1. The van der Waals surface area contributed by atoms with Gasteiger partial charge in [-0.3, -0.25) is 4.79 Å². The van der Waals surface area contributed by atoms with E-state index in [0.717, 1.165) is 37.7 Å². The number of ketones is 1. The summed E-state index contributed by atoms with van der Waals surface area (Å²) in [6.45, 7) is 0. The first-order chi connectivity index (χ1) is 14.7. The van der Waals surface area contributed by atoms with E-state index in [-0.39, 0.29) is 5.60 Å². The van der Waals surface area contributed by atoms with Crippen molar-refractivity contribution in [2.45, 2.75) is 134 Å². The van der Waals surface area contributed by atoms with Gasteiger partial charge in [-0.15, -0.1) is 0 Å². The van der Waals surface area contributed by atoms with E-state index in [1.807, 2.05) is 30.3 Å². The first-order valence-electron chi connectivity index (χ1n) is 13.0. The average Bonchev–Trinajstić information content (AvgIpc) is 2.75. The highest BCUT2D eigenvalue weighted by Crippen LogP contribution is 2.32. The molecule has 30 heavy (non-hydrogen) atoms. The van der Waals surface area contributed by atoms with Crippen LogP contribution < -0.4 is 0 Å². The minimum absolute atomic E-state index is 0.312. The molecular weight excluding hydrogens is 368 g/mol. The summed E-state index contributed by atoms with van der Waals surface area (Å²) in [6.07, 6.45) is 23.8. The maximum Gasteiger partial charge on any atom is 0.137 e. The lowest BCUT2D eigenvalue weighted by atomic mass is 9.81. The molecule has 0 spiro atoms. The van der Waals surface area contributed by atoms with Gasteiger partial charge in [0.15, 0.2) is 0 Å². The normalized spacial score (nSPS) is 15.9. The summed E-state index contributed by atoms with van der Waals surface area (Å²) in [5.74, 6) is 0.383. The Hall–Kier alpha value is -1.15. The summed E-state index contributed by atoms with van der Waals surface area (Å²) in [6, 6.07) is 10.1. The van der Waals surface area contributed by atoms with Crippen LogP contribution in [0.2, 0.25) is 0 Å². The molecule has 1 N–H and O–H groups in total. The Morgan fingerprint density at radius 2 is 1.20 bits per heavy atom. The number of unbranched alkanes of at least 4 members (excludes halogenated alkanes) is 11. The van der Waals surface area contributed by atoms with Crippen molar-refractivity contribution in [2.75, 3.05) is 0 Å². The fourth-order valence-electron chi connectivity index (χ4n) is 4.92. The fourth-order valence-corrected chi connectivity index (χ4v) is 4.92. The monoisotopic (exact) mass is 414 g/mol. The quantitative estimate of drug-likeness (QED) is 0.262. The minimum atomic E-state index is -0.312. The van der Waals surface area contributed by atoms with Crippen LogP contribution in [0, 0.1) is 0 Å². The van der Waals surface area contributed by atoms with Crippen LogP contribution in [-0.4, -0.2) is 16.5 Å². The number of carbonyl (C=O) groups excluding carboxylic acids is 1. The molecule has 1 aliphatic rings. The van der Waals surface area contributed by atoms with Crippen molar-refractivity contribution in [3.8, 4) is 0 Å². The molecule has 0 aliphatic heterocycles. The summed E-state index contributed by atoms with van der Waals surface area (Å²) < 4.78 is 0. The molecule has 0 heterocycles. The third-order valence-corrected chi connectivity index (χ3v) is 6.88. The maximum atomic E-state index is 12.0. The van der Waals surface area contributed by atoms with Crippen LogP contribution in [0.3, 0.4) is 0 Å². The first kappa shape index (κ1) is 25.1. The van der Waals surface area contributed by atoms with Crippen molar-refractivity contribution in [3.05, 3.63) is 35.9 Å². The molecular formula is C28H46O2. The molecule has 0 bridgehead atoms. The number of benzene rings is 1. The van der Waals surface area contributed by atoms with E-state index in [1.54, 1.807) is 0 Å². The third-order valence-electron chi connectivity index (χ3n) is 6.88. The predicted octanol–water partition coefficient (Wildman–Crippen LogP) is 7.95. The molecule has 2 rings (SSSR count). The molecule has 1 aliphatic carbocycles. The van der Waals surface area contributed by atoms with E-state index in [2.05, 4.69) is 0 Å². The highest BCUT2D eigenvalue weighted by Gasteiger charge is 2.27. The second kappa shape index (κ2) is 15.6. The van der Waals surface area contributed by atoms with Crippen LogP contribution in [0.25, 0.3) is 0 Å². The van der Waals surface area contributed by atoms with Gasteiger partial charge in [-0.05, 0) is 31.2 Å². The standard InChI is InChI=1S/C28H46O2/c29-27(25-26-19-13-11-14-20-26)21-15-9-7-5-3-1-2-4-6-8-10-16-22-28(30)23-17-12-18-24-28/h11,13-14,19-20,30H,1-10,12,15-18,21-25H2. The van der Waals surface area contributed by atoms with Crippen molar-refractivity contribution in [1.82, 2.24) is 0 Å². The number of hydrogen-bond donors (Lipinski definition) is 1. The lowest BCUT2D eigenvalue weighted by Gasteiger charge is -2.32. The van der Waals surface area contributed by atoms with Crippen LogP contribution in [0.1, 0.15) is 128 Å². The predicted molar refractivity (Wildman–Crippen MR) is 128 cm³/mol. The molecule has 1 aromatic rings. The minimum Gasteiger partial charge on any atom is -0.390 e. The number of hydrogen-bond acceptors (Lipinski definition) is 2. The summed E-state index contributed by atoms with van der Waals surface area (Å²) >= 11 is 0. The van der Waals surface area contributed by atoms with Crippen LogP contribution in [0.15, 0.2) is 30.3 Å². The molecule has 0 unspecified atom stereocenters. The molecule has 1 saturated carbocycles. The third kappa shape index (κ3) is 11.9. The van der Waals surface area contributed by atoms with Gasteiger partial charge in [0.2, 0.25) is 0 Å². The van der Waals surface area contributed by atoms with E-state index < -0.39 is 0 Å². The second-order valence-electron chi connectivity index (χ2n) is 9.73. The molecule has 0 saturated heterocycles. The van der Waals surface area contributed by atoms with Crippen molar-refractivity contribution in [3.63, 3.8) is 0 Å². The van der Waals surface area contributed by atoms with E-state index in [9.17, 15) is 9.90 Å². The molecule has 0 amide bonds. The first-order valence-corrected chi connectivity index (χ1v) is 13.0. The summed E-state index contributed by atoms with van der Waals surface area (Å²) in [7, 11) is 0. The highest BCUT2D eigenvalue weighted by molar-refractivity contribution is 5.80. The van der Waals surface area contributed by atoms with E-state index in [0.29, 0.717) is 12.2 Å². The molecule has 1 aromatic carbocycles. The van der Waals surface area contributed by atoms with Gasteiger partial charge in [0.1, 0.15) is 5.78 Å². The van der Waals surface area contributed by atoms with Crippen molar-refractivity contribution in [2.24, 2.45) is 0 Å². The van der Waals surface area contributed by atoms with E-state index in [1.165, 1.54) is 89.9 Å². The largest absolute Gasteiger partial charge is 0.390 e. The average molecular weight is 415 g/mol. The summed E-state index contributed by atoms with van der Waals surface area (Å²) in [4.78, 5) is 12.0. The Bertz CT molecular complexity index is 545. The van der Waals surface area contributed by atoms with Gasteiger partial charge in [-0.25, -0.2) is 0 Å². The zero-order chi connectivity index (χ0) is 21.3. The van der Waals surface area contributed by atoms with Gasteiger partial charge in [0, 0.05) is 12.8 Å². The van der Waals surface area contributed by atoms with Crippen molar-refractivity contribution >= 4 is 5.78 Å². The Morgan fingerprint density at radius 1 is 0.700 bits per heavy atom. The lowest BCUT2D eigenvalue weighted by molar-refractivity contribution is -0.118. The number of rotatable bonds is 17. The molecule has 2 nitrogen and oxygen atoms in total. The van der Waals surface area contributed by atoms with Gasteiger partial charge >= 0.3 is 0 Å². The van der Waals surface area contributed by atoms with Crippen LogP contribution in [-0.2, 0) is 11.2 Å². The zero-order valence-electron chi connectivity index (χ0n) is 19.4. The van der Waals surface area contributed by atoms with Gasteiger partial charge in [-0.2, -0.15) is 0 Å². The number of aliphatic hydroxyl groups is 1. The van der Waals surface area contributed by atoms with Crippen molar-refractivity contribution < 1.29 is 9.90 Å². The number of carbonyl (C=O) groups is 1. The number of Topliss-reactive ketones (excluding diaryl/α,β-unsaturated/α-hetero) is 1. The van der Waals surface area contributed by atoms with Gasteiger partial charge in [0.25, 0.3) is 0 Å². The Labute approximate surface area is 185 Å². The zero-order valence-corrected chi connectivity index (χ0v) is 19.4. The van der Waals surface area contributed by atoms with Crippen LogP contribution in [0.4, 0.5) is 0 Å². The molecule has 0 radical (unpaired) electrons.